The van der Waals surface area contributed by atoms with Crippen LogP contribution in [0.2, 0.25) is 0 Å². The van der Waals surface area contributed by atoms with E-state index in [0.29, 0.717) is 5.16 Å². The number of hydrogen-bond acceptors (Lipinski definition) is 6. The van der Waals surface area contributed by atoms with Crippen LogP contribution >= 0.6 is 34.9 Å². The monoisotopic (exact) mass is 583 g/mol. The SMILES string of the molecule is Cc1ccc(-n2c(SCC(=O)N(c3ccccc3)c3ccccc3)nc3sc4c(c3c2=O)CC(C)(C)SC4)cc1. The van der Waals surface area contributed by atoms with Gasteiger partial charge in [0.2, 0.25) is 5.91 Å². The van der Waals surface area contributed by atoms with Crippen LogP contribution in [0.1, 0.15) is 29.9 Å². The summed E-state index contributed by atoms with van der Waals surface area (Å²) in [6, 6.07) is 27.2. The van der Waals surface area contributed by atoms with Gasteiger partial charge in [-0.15, -0.1) is 23.1 Å². The summed E-state index contributed by atoms with van der Waals surface area (Å²) in [7, 11) is 0. The third kappa shape index (κ3) is 5.23. The van der Waals surface area contributed by atoms with Crippen molar-refractivity contribution in [2.75, 3.05) is 10.7 Å². The Bertz CT molecular complexity index is 1700. The van der Waals surface area contributed by atoms with Crippen molar-refractivity contribution in [3.63, 3.8) is 0 Å². The minimum atomic E-state index is -0.0872. The normalized spacial score (nSPS) is 14.2. The number of aryl methyl sites for hydroxylation is 1. The molecule has 0 saturated heterocycles. The number of fused-ring (bicyclic) bond motifs is 3. The first-order chi connectivity index (χ1) is 19.3. The average molecular weight is 584 g/mol. The zero-order valence-electron chi connectivity index (χ0n) is 22.6. The molecule has 0 radical (unpaired) electrons. The van der Waals surface area contributed by atoms with E-state index in [1.807, 2.05) is 104 Å². The molecule has 0 bridgehead atoms. The number of hydrogen-bond donors (Lipinski definition) is 0. The molecule has 5 aromatic rings. The van der Waals surface area contributed by atoms with Crippen molar-refractivity contribution in [2.45, 2.75) is 42.8 Å². The standard InChI is InChI=1S/C32H29N3O2S3/c1-21-14-16-24(17-15-21)35-30(37)28-25-18-32(2,3)39-19-26(25)40-29(28)33-31(35)38-20-27(36)34(22-10-6-4-7-11-22)23-12-8-5-9-13-23/h4-17H,18-20H2,1-3H3. The van der Waals surface area contributed by atoms with Gasteiger partial charge in [0.05, 0.1) is 16.8 Å². The predicted molar refractivity (Wildman–Crippen MR) is 170 cm³/mol. The number of carbonyl (C=O) groups excluding carboxylic acids is 1. The lowest BCUT2D eigenvalue weighted by Crippen LogP contribution is -2.29. The van der Waals surface area contributed by atoms with Crippen LogP contribution in [0.5, 0.6) is 0 Å². The van der Waals surface area contributed by atoms with E-state index in [1.54, 1.807) is 20.8 Å². The highest BCUT2D eigenvalue weighted by molar-refractivity contribution is 8.00. The van der Waals surface area contributed by atoms with E-state index in [9.17, 15) is 9.59 Å². The molecule has 3 aromatic carbocycles. The van der Waals surface area contributed by atoms with E-state index in [0.717, 1.165) is 50.6 Å². The fourth-order valence-corrected chi connectivity index (χ4v) is 8.22. The highest BCUT2D eigenvalue weighted by Crippen LogP contribution is 2.44. The molecule has 6 rings (SSSR count). The van der Waals surface area contributed by atoms with Crippen LogP contribution in [0.15, 0.2) is 94.9 Å². The second kappa shape index (κ2) is 10.9. The Labute approximate surface area is 246 Å². The molecule has 1 aliphatic rings. The Hall–Kier alpha value is -3.33. The molecule has 8 heteroatoms. The molecule has 3 heterocycles. The van der Waals surface area contributed by atoms with Crippen molar-refractivity contribution in [1.29, 1.82) is 0 Å². The van der Waals surface area contributed by atoms with Crippen LogP contribution in [0, 0.1) is 6.92 Å². The predicted octanol–water partition coefficient (Wildman–Crippen LogP) is 7.78. The summed E-state index contributed by atoms with van der Waals surface area (Å²) < 4.78 is 1.76. The van der Waals surface area contributed by atoms with Crippen LogP contribution in [-0.4, -0.2) is 26.0 Å². The van der Waals surface area contributed by atoms with Gasteiger partial charge in [0.25, 0.3) is 5.56 Å². The molecule has 40 heavy (non-hydrogen) atoms. The van der Waals surface area contributed by atoms with Gasteiger partial charge in [-0.05, 0) is 55.3 Å². The minimum Gasteiger partial charge on any atom is -0.280 e. The molecule has 202 valence electrons. The summed E-state index contributed by atoms with van der Waals surface area (Å²) in [5.41, 5.74) is 4.53. The minimum absolute atomic E-state index is 0.0630. The number of thioether (sulfide) groups is 2. The number of anilines is 2. The first kappa shape index (κ1) is 26.9. The Morgan fingerprint density at radius 3 is 2.23 bits per heavy atom. The molecule has 0 N–H and O–H groups in total. The third-order valence-electron chi connectivity index (χ3n) is 6.97. The van der Waals surface area contributed by atoms with Crippen molar-refractivity contribution in [3.05, 3.63) is 111 Å². The fourth-order valence-electron chi connectivity index (χ4n) is 4.97. The lowest BCUT2D eigenvalue weighted by molar-refractivity contribution is -0.115. The quantitative estimate of drug-likeness (QED) is 0.151. The number of thiophene rings is 1. The van der Waals surface area contributed by atoms with Gasteiger partial charge in [0, 0.05) is 26.8 Å². The van der Waals surface area contributed by atoms with Gasteiger partial charge in [-0.3, -0.25) is 19.1 Å². The summed E-state index contributed by atoms with van der Waals surface area (Å²) >= 11 is 4.85. The zero-order chi connectivity index (χ0) is 27.9. The topological polar surface area (TPSA) is 55.2 Å². The molecule has 5 nitrogen and oxygen atoms in total. The average Bonchev–Trinajstić information content (AvgIpc) is 3.31. The third-order valence-corrected chi connectivity index (χ3v) is 10.6. The fraction of sp³-hybridized carbons (Fsp3) is 0.219. The van der Waals surface area contributed by atoms with Crippen LogP contribution in [0.3, 0.4) is 0 Å². The number of carbonyl (C=O) groups is 1. The number of aromatic nitrogens is 2. The van der Waals surface area contributed by atoms with Crippen LogP contribution < -0.4 is 10.5 Å². The van der Waals surface area contributed by atoms with E-state index in [-0.39, 0.29) is 22.0 Å². The van der Waals surface area contributed by atoms with Crippen LogP contribution in [-0.2, 0) is 17.0 Å². The number of benzene rings is 3. The molecule has 0 aliphatic carbocycles. The molecule has 0 atom stereocenters. The highest BCUT2D eigenvalue weighted by Gasteiger charge is 2.31. The maximum absolute atomic E-state index is 14.2. The first-order valence-electron chi connectivity index (χ1n) is 13.1. The van der Waals surface area contributed by atoms with E-state index in [1.165, 1.54) is 16.6 Å². The molecular formula is C32H29N3O2S3. The molecule has 0 spiro atoms. The van der Waals surface area contributed by atoms with Gasteiger partial charge in [-0.25, -0.2) is 4.98 Å². The zero-order valence-corrected chi connectivity index (χ0v) is 25.0. The first-order valence-corrected chi connectivity index (χ1v) is 15.9. The summed E-state index contributed by atoms with van der Waals surface area (Å²) in [5.74, 6) is 0.926. The summed E-state index contributed by atoms with van der Waals surface area (Å²) in [6.07, 6.45) is 0.839. The maximum Gasteiger partial charge on any atom is 0.267 e. The van der Waals surface area contributed by atoms with Gasteiger partial charge in [-0.1, -0.05) is 79.7 Å². The van der Waals surface area contributed by atoms with Gasteiger partial charge < -0.3 is 0 Å². The molecule has 0 unspecified atom stereocenters. The summed E-state index contributed by atoms with van der Waals surface area (Å²) in [5, 5.41) is 1.25. The Balaban J connectivity index is 1.42. The van der Waals surface area contributed by atoms with E-state index in [2.05, 4.69) is 13.8 Å². The Morgan fingerprint density at radius 2 is 1.60 bits per heavy atom. The smallest absolute Gasteiger partial charge is 0.267 e. The van der Waals surface area contributed by atoms with Crippen molar-refractivity contribution >= 4 is 62.4 Å². The lowest BCUT2D eigenvalue weighted by atomic mass is 10.00. The van der Waals surface area contributed by atoms with Gasteiger partial charge in [0.15, 0.2) is 5.16 Å². The van der Waals surface area contributed by atoms with Gasteiger partial charge in [0.1, 0.15) is 4.83 Å². The molecule has 0 fully saturated rings. The highest BCUT2D eigenvalue weighted by atomic mass is 32.2. The molecule has 0 saturated carbocycles. The van der Waals surface area contributed by atoms with Crippen molar-refractivity contribution in [1.82, 2.24) is 9.55 Å². The molecule has 2 aromatic heterocycles. The van der Waals surface area contributed by atoms with E-state index < -0.39 is 0 Å². The van der Waals surface area contributed by atoms with E-state index in [4.69, 9.17) is 4.98 Å². The molecule has 1 aliphatic heterocycles. The summed E-state index contributed by atoms with van der Waals surface area (Å²) in [6.45, 7) is 6.49. The number of rotatable bonds is 6. The largest absolute Gasteiger partial charge is 0.280 e. The van der Waals surface area contributed by atoms with Crippen molar-refractivity contribution in [2.24, 2.45) is 0 Å². The second-order valence-electron chi connectivity index (χ2n) is 10.5. The Morgan fingerprint density at radius 1 is 0.975 bits per heavy atom. The van der Waals surface area contributed by atoms with Crippen LogP contribution in [0.25, 0.3) is 15.9 Å². The van der Waals surface area contributed by atoms with Crippen molar-refractivity contribution in [3.8, 4) is 5.69 Å². The maximum atomic E-state index is 14.2. The molecular weight excluding hydrogens is 555 g/mol. The number of amides is 1. The second-order valence-corrected chi connectivity index (χ2v) is 14.2. The summed E-state index contributed by atoms with van der Waals surface area (Å²) in [4.78, 5) is 36.7. The Kier molecular flexibility index (Phi) is 7.33. The van der Waals surface area contributed by atoms with Gasteiger partial charge >= 0.3 is 0 Å². The van der Waals surface area contributed by atoms with Gasteiger partial charge in [-0.2, -0.15) is 0 Å². The lowest BCUT2D eigenvalue weighted by Gasteiger charge is -2.28. The van der Waals surface area contributed by atoms with Crippen molar-refractivity contribution < 1.29 is 4.79 Å². The number of nitrogens with zero attached hydrogens (tertiary/aromatic N) is 3. The van der Waals surface area contributed by atoms with Crippen LogP contribution in [0.4, 0.5) is 11.4 Å². The number of para-hydroxylation sites is 2. The van der Waals surface area contributed by atoms with E-state index >= 15 is 0 Å². The molecule has 1 amide bonds.